The van der Waals surface area contributed by atoms with Gasteiger partial charge in [0.15, 0.2) is 0 Å². The molecule has 150 valence electrons. The molecule has 1 atom stereocenters. The minimum absolute atomic E-state index is 0.286. The Morgan fingerprint density at radius 2 is 1.97 bits per heavy atom. The number of benzene rings is 2. The molecule has 0 spiro atoms. The average Bonchev–Trinajstić information content (AvgIpc) is 3.31. The highest BCUT2D eigenvalue weighted by Crippen LogP contribution is 2.27. The summed E-state index contributed by atoms with van der Waals surface area (Å²) in [5, 5.41) is 4.82. The molecule has 0 unspecified atom stereocenters. The standard InChI is InChI=1S/C25H23N3O2/c1-3-17(2)19-8-10-20(11-9-19)24-14-22(21-6-4-5-7-23(21)27-24)25(29)28-26-15-18-12-13-30-16-18/h4-17H,3H2,1-2H3,(H,28,29)/b26-15-/t17-/m0/s1. The van der Waals surface area contributed by atoms with Crippen LogP contribution in [0.5, 0.6) is 0 Å². The molecule has 0 fully saturated rings. The van der Waals surface area contributed by atoms with Crippen LogP contribution < -0.4 is 5.43 Å². The van der Waals surface area contributed by atoms with Crippen molar-refractivity contribution in [3.8, 4) is 11.3 Å². The molecule has 2 heterocycles. The molecule has 2 aromatic heterocycles. The Hall–Kier alpha value is -3.73. The molecular weight excluding hydrogens is 374 g/mol. The maximum Gasteiger partial charge on any atom is 0.272 e. The Morgan fingerprint density at radius 3 is 2.70 bits per heavy atom. The molecule has 5 heteroatoms. The minimum Gasteiger partial charge on any atom is -0.472 e. The van der Waals surface area contributed by atoms with Gasteiger partial charge in [0, 0.05) is 16.5 Å². The monoisotopic (exact) mass is 397 g/mol. The summed E-state index contributed by atoms with van der Waals surface area (Å²) in [6, 6.07) is 19.6. The van der Waals surface area contributed by atoms with E-state index in [4.69, 9.17) is 9.40 Å². The Labute approximate surface area is 175 Å². The van der Waals surface area contributed by atoms with Gasteiger partial charge in [-0.15, -0.1) is 0 Å². The van der Waals surface area contributed by atoms with Gasteiger partial charge < -0.3 is 4.42 Å². The van der Waals surface area contributed by atoms with Gasteiger partial charge >= 0.3 is 0 Å². The number of nitrogens with one attached hydrogen (secondary N) is 1. The highest BCUT2D eigenvalue weighted by atomic mass is 16.3. The lowest BCUT2D eigenvalue weighted by atomic mass is 9.96. The van der Waals surface area contributed by atoms with Crippen molar-refractivity contribution in [3.05, 3.63) is 89.9 Å². The van der Waals surface area contributed by atoms with Crippen LogP contribution in [-0.4, -0.2) is 17.1 Å². The number of aromatic nitrogens is 1. The molecular formula is C25H23N3O2. The summed E-state index contributed by atoms with van der Waals surface area (Å²) in [6.07, 6.45) is 5.74. The Balaban J connectivity index is 1.68. The highest BCUT2D eigenvalue weighted by molar-refractivity contribution is 6.07. The van der Waals surface area contributed by atoms with E-state index in [-0.39, 0.29) is 5.91 Å². The Kier molecular flexibility index (Phi) is 5.70. The second kappa shape index (κ2) is 8.74. The lowest BCUT2D eigenvalue weighted by Gasteiger charge is -2.11. The maximum atomic E-state index is 12.9. The SMILES string of the molecule is CC[C@H](C)c1ccc(-c2cc(C(=O)N/N=C\c3ccoc3)c3ccccc3n2)cc1. The smallest absolute Gasteiger partial charge is 0.272 e. The summed E-state index contributed by atoms with van der Waals surface area (Å²) in [7, 11) is 0. The third kappa shape index (κ3) is 4.15. The predicted octanol–water partition coefficient (Wildman–Crippen LogP) is 5.77. The first kappa shape index (κ1) is 19.6. The van der Waals surface area contributed by atoms with Gasteiger partial charge in [0.05, 0.1) is 35.5 Å². The zero-order valence-electron chi connectivity index (χ0n) is 17.0. The zero-order chi connectivity index (χ0) is 20.9. The van der Waals surface area contributed by atoms with Gasteiger partial charge in [0.25, 0.3) is 5.91 Å². The molecule has 0 bridgehead atoms. The van der Waals surface area contributed by atoms with E-state index < -0.39 is 0 Å². The maximum absolute atomic E-state index is 12.9. The van der Waals surface area contributed by atoms with Crippen molar-refractivity contribution in [2.24, 2.45) is 5.10 Å². The lowest BCUT2D eigenvalue weighted by Crippen LogP contribution is -2.18. The van der Waals surface area contributed by atoms with E-state index in [0.717, 1.165) is 34.1 Å². The fraction of sp³-hybridized carbons (Fsp3) is 0.160. The molecule has 30 heavy (non-hydrogen) atoms. The number of carbonyl (C=O) groups is 1. The van der Waals surface area contributed by atoms with Crippen LogP contribution in [0.4, 0.5) is 0 Å². The third-order valence-electron chi connectivity index (χ3n) is 5.27. The molecule has 5 nitrogen and oxygen atoms in total. The first-order valence-corrected chi connectivity index (χ1v) is 10.0. The number of para-hydroxylation sites is 1. The number of amides is 1. The fourth-order valence-corrected chi connectivity index (χ4v) is 3.30. The summed E-state index contributed by atoms with van der Waals surface area (Å²) in [5.74, 6) is 0.226. The molecule has 0 aliphatic rings. The largest absolute Gasteiger partial charge is 0.472 e. The van der Waals surface area contributed by atoms with E-state index in [2.05, 4.69) is 48.6 Å². The normalized spacial score (nSPS) is 12.3. The fourth-order valence-electron chi connectivity index (χ4n) is 3.30. The minimum atomic E-state index is -0.286. The Morgan fingerprint density at radius 1 is 1.17 bits per heavy atom. The van der Waals surface area contributed by atoms with Crippen molar-refractivity contribution in [1.82, 2.24) is 10.4 Å². The van der Waals surface area contributed by atoms with Gasteiger partial charge in [-0.3, -0.25) is 4.79 Å². The number of carbonyl (C=O) groups excluding carboxylic acids is 1. The van der Waals surface area contributed by atoms with Crippen molar-refractivity contribution in [2.75, 3.05) is 0 Å². The number of rotatable bonds is 6. The molecule has 4 rings (SSSR count). The van der Waals surface area contributed by atoms with Crippen LogP contribution in [0.15, 0.2) is 82.7 Å². The topological polar surface area (TPSA) is 67.5 Å². The van der Waals surface area contributed by atoms with Crippen LogP contribution >= 0.6 is 0 Å². The van der Waals surface area contributed by atoms with Crippen LogP contribution in [0.2, 0.25) is 0 Å². The predicted molar refractivity (Wildman–Crippen MR) is 120 cm³/mol. The first-order chi connectivity index (χ1) is 14.7. The van der Waals surface area contributed by atoms with E-state index in [1.165, 1.54) is 5.56 Å². The number of furan rings is 1. The second-order valence-corrected chi connectivity index (χ2v) is 7.26. The summed E-state index contributed by atoms with van der Waals surface area (Å²) < 4.78 is 5.00. The van der Waals surface area contributed by atoms with Gasteiger partial charge in [-0.1, -0.05) is 56.3 Å². The van der Waals surface area contributed by atoms with Crippen molar-refractivity contribution in [3.63, 3.8) is 0 Å². The number of hydrazone groups is 1. The number of hydrogen-bond donors (Lipinski definition) is 1. The van der Waals surface area contributed by atoms with Crippen LogP contribution in [0, 0.1) is 0 Å². The van der Waals surface area contributed by atoms with Gasteiger partial charge in [-0.05, 0) is 36.1 Å². The van der Waals surface area contributed by atoms with Gasteiger partial charge in [0.2, 0.25) is 0 Å². The van der Waals surface area contributed by atoms with Crippen LogP contribution in [0.3, 0.4) is 0 Å². The molecule has 4 aromatic rings. The number of pyridine rings is 1. The first-order valence-electron chi connectivity index (χ1n) is 10.0. The molecule has 0 saturated carbocycles. The van der Waals surface area contributed by atoms with Gasteiger partial charge in [-0.2, -0.15) is 5.10 Å². The number of hydrogen-bond acceptors (Lipinski definition) is 4. The van der Waals surface area contributed by atoms with Crippen LogP contribution in [0.25, 0.3) is 22.2 Å². The summed E-state index contributed by atoms with van der Waals surface area (Å²) in [4.78, 5) is 17.7. The summed E-state index contributed by atoms with van der Waals surface area (Å²) in [6.45, 7) is 4.40. The van der Waals surface area contributed by atoms with Crippen molar-refractivity contribution in [1.29, 1.82) is 0 Å². The number of fused-ring (bicyclic) bond motifs is 1. The zero-order valence-corrected chi connectivity index (χ0v) is 17.0. The van der Waals surface area contributed by atoms with Crippen LogP contribution in [-0.2, 0) is 0 Å². The highest BCUT2D eigenvalue weighted by Gasteiger charge is 2.14. The third-order valence-corrected chi connectivity index (χ3v) is 5.27. The molecule has 1 N–H and O–H groups in total. The van der Waals surface area contributed by atoms with E-state index in [9.17, 15) is 4.79 Å². The lowest BCUT2D eigenvalue weighted by molar-refractivity contribution is 0.0956. The molecule has 0 saturated heterocycles. The van der Waals surface area contributed by atoms with Crippen molar-refractivity contribution in [2.45, 2.75) is 26.2 Å². The van der Waals surface area contributed by atoms with Crippen LogP contribution in [0.1, 0.15) is 47.7 Å². The van der Waals surface area contributed by atoms with Crippen molar-refractivity contribution < 1.29 is 9.21 Å². The molecule has 0 aliphatic heterocycles. The average molecular weight is 397 g/mol. The van der Waals surface area contributed by atoms with E-state index >= 15 is 0 Å². The van der Waals surface area contributed by atoms with Crippen molar-refractivity contribution >= 4 is 23.0 Å². The molecule has 0 radical (unpaired) electrons. The molecule has 1 amide bonds. The van der Waals surface area contributed by atoms with E-state index in [1.54, 1.807) is 24.8 Å². The Bertz CT molecular complexity index is 1180. The quantitative estimate of drug-likeness (QED) is 0.332. The molecule has 0 aliphatic carbocycles. The second-order valence-electron chi connectivity index (χ2n) is 7.26. The van der Waals surface area contributed by atoms with Gasteiger partial charge in [-0.25, -0.2) is 10.4 Å². The number of nitrogens with zero attached hydrogens (tertiary/aromatic N) is 2. The van der Waals surface area contributed by atoms with Gasteiger partial charge in [0.1, 0.15) is 0 Å². The molecule has 2 aromatic carbocycles. The van der Waals surface area contributed by atoms with E-state index in [1.807, 2.05) is 30.3 Å². The van der Waals surface area contributed by atoms with E-state index in [0.29, 0.717) is 11.5 Å². The summed E-state index contributed by atoms with van der Waals surface area (Å²) >= 11 is 0. The summed E-state index contributed by atoms with van der Waals surface area (Å²) in [5.41, 5.74) is 7.71.